The Morgan fingerprint density at radius 2 is 1.63 bits per heavy atom. The lowest BCUT2D eigenvalue weighted by Gasteiger charge is -2.75. The Bertz CT molecular complexity index is 1360. The molecule has 0 aromatic heterocycles. The van der Waals surface area contributed by atoms with Gasteiger partial charge in [0.25, 0.3) is 0 Å². The topological polar surface area (TPSA) is 68.2 Å². The number of hydrogen-bond acceptors (Lipinski definition) is 6. The molecule has 1 aromatic carbocycles. The molecule has 274 valence electrons. The minimum absolute atomic E-state index is 0.0125. The molecule has 0 amide bonds. The number of piperidine rings is 1. The second-order valence-corrected chi connectivity index (χ2v) is 18.5. The number of benzene rings is 1. The van der Waals surface area contributed by atoms with E-state index in [4.69, 9.17) is 14.2 Å². The van der Waals surface area contributed by atoms with Gasteiger partial charge in [0.05, 0.1) is 5.60 Å². The van der Waals surface area contributed by atoms with Gasteiger partial charge in [-0.15, -0.1) is 0 Å². The molecule has 5 fully saturated rings. The monoisotopic (exact) mass is 678 g/mol. The molecule has 5 aliphatic carbocycles. The summed E-state index contributed by atoms with van der Waals surface area (Å²) in [4.78, 5) is 16.2. The van der Waals surface area contributed by atoms with Gasteiger partial charge in [-0.2, -0.15) is 0 Å². The van der Waals surface area contributed by atoms with Crippen LogP contribution in [0.25, 0.3) is 0 Å². The molecule has 4 saturated carbocycles. The summed E-state index contributed by atoms with van der Waals surface area (Å²) in [6.07, 6.45) is 21.8. The highest BCUT2D eigenvalue weighted by atomic mass is 16.6. The van der Waals surface area contributed by atoms with E-state index in [1.165, 1.54) is 88.3 Å². The zero-order valence-corrected chi connectivity index (χ0v) is 31.8. The van der Waals surface area contributed by atoms with Crippen molar-refractivity contribution >= 4 is 5.97 Å². The van der Waals surface area contributed by atoms with Crippen LogP contribution in [0.15, 0.2) is 12.1 Å². The van der Waals surface area contributed by atoms with Crippen LogP contribution in [-0.2, 0) is 21.4 Å². The van der Waals surface area contributed by atoms with Crippen molar-refractivity contribution < 1.29 is 24.1 Å². The molecular formula is C43H67NO5. The highest BCUT2D eigenvalue weighted by Gasteiger charge is 2.82. The summed E-state index contributed by atoms with van der Waals surface area (Å²) in [5.41, 5.74) is 0.584. The van der Waals surface area contributed by atoms with Crippen molar-refractivity contribution in [2.75, 3.05) is 20.2 Å². The van der Waals surface area contributed by atoms with Crippen LogP contribution >= 0.6 is 0 Å². The lowest BCUT2D eigenvalue weighted by molar-refractivity contribution is -0.312. The largest absolute Gasteiger partial charge is 0.482 e. The predicted octanol–water partition coefficient (Wildman–Crippen LogP) is 9.31. The number of hydrogen-bond donors (Lipinski definition) is 1. The number of unbranched alkanes of at least 4 members (excludes halogenated alkanes) is 10. The van der Waals surface area contributed by atoms with E-state index in [9.17, 15) is 9.90 Å². The van der Waals surface area contributed by atoms with Crippen LogP contribution in [0.4, 0.5) is 0 Å². The number of fused-ring (bicyclic) bond motifs is 2. The summed E-state index contributed by atoms with van der Waals surface area (Å²) in [6, 6.07) is 4.70. The maximum atomic E-state index is 13.3. The van der Waals surface area contributed by atoms with Crippen LogP contribution in [0.2, 0.25) is 0 Å². The van der Waals surface area contributed by atoms with Gasteiger partial charge in [-0.25, -0.2) is 0 Å². The van der Waals surface area contributed by atoms with Gasteiger partial charge < -0.3 is 19.3 Å². The van der Waals surface area contributed by atoms with E-state index in [0.717, 1.165) is 63.2 Å². The normalized spacial score (nSPS) is 34.0. The summed E-state index contributed by atoms with van der Waals surface area (Å²) < 4.78 is 20.2. The number of rotatable bonds is 17. The Kier molecular flexibility index (Phi) is 9.79. The van der Waals surface area contributed by atoms with Gasteiger partial charge in [0.2, 0.25) is 0 Å². The minimum Gasteiger partial charge on any atom is -0.482 e. The van der Waals surface area contributed by atoms with E-state index < -0.39 is 11.2 Å². The molecule has 2 heterocycles. The Labute approximate surface area is 297 Å². The number of nitrogens with zero attached hydrogens (tertiary/aromatic N) is 1. The van der Waals surface area contributed by atoms with Gasteiger partial charge in [0.15, 0.2) is 11.5 Å². The number of carbonyl (C=O) groups is 1. The van der Waals surface area contributed by atoms with Gasteiger partial charge in [0, 0.05) is 48.4 Å². The standard InChI is InChI=1S/C43H67NO5/c1-7-8-9-10-11-12-13-14-15-16-17-18-35(45)48-32-22-21-31-27-34-41-23-24-43(47-6,33(28-41)40(5,46)39(2,3)4)38-42(41,36(31)37(32)49-38)25-26-44(34)29-30-19-20-30/h21-22,30,33-34,38,46H,7-20,23-29H2,1-6H3/t33-,34-,38-,40+,41?,42?,43-/m1/s1. The van der Waals surface area contributed by atoms with E-state index >= 15 is 0 Å². The second-order valence-electron chi connectivity index (χ2n) is 18.5. The van der Waals surface area contributed by atoms with Crippen LogP contribution < -0.4 is 9.47 Å². The first-order valence-electron chi connectivity index (χ1n) is 20.5. The molecule has 1 N–H and O–H groups in total. The fourth-order valence-corrected chi connectivity index (χ4v) is 11.8. The quantitative estimate of drug-likeness (QED) is 0.101. The highest BCUT2D eigenvalue weighted by molar-refractivity contribution is 5.75. The van der Waals surface area contributed by atoms with Gasteiger partial charge in [-0.3, -0.25) is 9.69 Å². The van der Waals surface area contributed by atoms with Gasteiger partial charge in [-0.05, 0) is 87.8 Å². The summed E-state index contributed by atoms with van der Waals surface area (Å²) >= 11 is 0. The zero-order chi connectivity index (χ0) is 34.7. The third-order valence-electron chi connectivity index (χ3n) is 15.0. The summed E-state index contributed by atoms with van der Waals surface area (Å²) in [5.74, 6) is 2.01. The molecule has 1 saturated heterocycles. The molecule has 7 aliphatic rings. The van der Waals surface area contributed by atoms with Crippen molar-refractivity contribution in [1.29, 1.82) is 0 Å². The molecule has 2 aliphatic heterocycles. The van der Waals surface area contributed by atoms with Crippen molar-refractivity contribution in [3.8, 4) is 11.5 Å². The first-order chi connectivity index (χ1) is 23.4. The van der Waals surface area contributed by atoms with E-state index in [1.807, 2.05) is 13.2 Å². The third kappa shape index (κ3) is 5.72. The molecule has 49 heavy (non-hydrogen) atoms. The molecule has 6 heteroatoms. The number of methoxy groups -OCH3 is 1. The predicted molar refractivity (Wildman–Crippen MR) is 195 cm³/mol. The molecule has 4 bridgehead atoms. The van der Waals surface area contributed by atoms with Gasteiger partial charge in [-0.1, -0.05) is 98.0 Å². The first kappa shape index (κ1) is 35.8. The summed E-state index contributed by atoms with van der Waals surface area (Å²) in [6.45, 7) is 13.1. The Hall–Kier alpha value is -1.63. The molecule has 1 aromatic rings. The van der Waals surface area contributed by atoms with E-state index in [1.54, 1.807) is 0 Å². The molecule has 7 atom stereocenters. The SMILES string of the molecule is CCCCCCCCCCCCCC(=O)Oc1ccc2c3c1O[C@@H]1C34CCN(CC3CC3)[C@H](C2)C42CC[C@@]1(OC)[C@@H]([C@](C)(O)C(C)(C)C)C2. The van der Waals surface area contributed by atoms with Crippen molar-refractivity contribution in [3.05, 3.63) is 23.3 Å². The number of likely N-dealkylation sites (tertiary alicyclic amines) is 1. The van der Waals surface area contributed by atoms with E-state index in [2.05, 4.69) is 45.6 Å². The molecule has 2 unspecified atom stereocenters. The fraction of sp³-hybridized carbons (Fsp3) is 0.837. The lowest BCUT2D eigenvalue weighted by atomic mass is 9.33. The van der Waals surface area contributed by atoms with Gasteiger partial charge >= 0.3 is 5.97 Å². The highest BCUT2D eigenvalue weighted by Crippen LogP contribution is 2.78. The molecule has 8 rings (SSSR count). The van der Waals surface area contributed by atoms with Crippen LogP contribution in [0.5, 0.6) is 11.5 Å². The molecular weight excluding hydrogens is 610 g/mol. The van der Waals surface area contributed by atoms with Crippen molar-refractivity contribution in [2.24, 2.45) is 22.7 Å². The van der Waals surface area contributed by atoms with Gasteiger partial charge in [0.1, 0.15) is 11.7 Å². The third-order valence-corrected chi connectivity index (χ3v) is 15.0. The summed E-state index contributed by atoms with van der Waals surface area (Å²) in [7, 11) is 1.85. The van der Waals surface area contributed by atoms with E-state index in [-0.39, 0.29) is 34.2 Å². The minimum atomic E-state index is -0.948. The summed E-state index contributed by atoms with van der Waals surface area (Å²) in [5, 5.41) is 12.5. The number of aliphatic hydroxyl groups is 1. The number of carbonyl (C=O) groups excluding carboxylic acids is 1. The number of ether oxygens (including phenoxy) is 3. The van der Waals surface area contributed by atoms with Crippen molar-refractivity contribution in [2.45, 2.75) is 185 Å². The van der Waals surface area contributed by atoms with Crippen molar-refractivity contribution in [1.82, 2.24) is 4.90 Å². The molecule has 0 radical (unpaired) electrons. The Balaban J connectivity index is 1.11. The molecule has 2 spiro atoms. The maximum Gasteiger partial charge on any atom is 0.311 e. The van der Waals surface area contributed by atoms with Crippen LogP contribution in [0, 0.1) is 22.7 Å². The average Bonchev–Trinajstić information content (AvgIpc) is 3.81. The Morgan fingerprint density at radius 3 is 2.27 bits per heavy atom. The van der Waals surface area contributed by atoms with Crippen LogP contribution in [-0.4, -0.2) is 59.5 Å². The smallest absolute Gasteiger partial charge is 0.311 e. The fourth-order valence-electron chi connectivity index (χ4n) is 11.8. The van der Waals surface area contributed by atoms with E-state index in [0.29, 0.717) is 18.2 Å². The lowest BCUT2D eigenvalue weighted by Crippen LogP contribution is -2.83. The number of esters is 1. The second kappa shape index (κ2) is 13.4. The van der Waals surface area contributed by atoms with Crippen LogP contribution in [0.3, 0.4) is 0 Å². The average molecular weight is 678 g/mol. The maximum absolute atomic E-state index is 13.3. The zero-order valence-electron chi connectivity index (χ0n) is 31.8. The van der Waals surface area contributed by atoms with Crippen molar-refractivity contribution in [3.63, 3.8) is 0 Å². The molecule has 6 nitrogen and oxygen atoms in total. The Morgan fingerprint density at radius 1 is 0.959 bits per heavy atom. The first-order valence-corrected chi connectivity index (χ1v) is 20.5. The van der Waals surface area contributed by atoms with Crippen LogP contribution in [0.1, 0.15) is 161 Å².